The van der Waals surface area contributed by atoms with Gasteiger partial charge < -0.3 is 14.4 Å². The second-order valence-electron chi connectivity index (χ2n) is 8.19. The second-order valence-corrected chi connectivity index (χ2v) is 9.20. The van der Waals surface area contributed by atoms with Crippen molar-refractivity contribution in [3.63, 3.8) is 0 Å². The fraction of sp³-hybridized carbons (Fsp3) is 0.308. The second kappa shape index (κ2) is 11.5. The highest BCUT2D eigenvalue weighted by Crippen LogP contribution is 2.37. The van der Waals surface area contributed by atoms with Gasteiger partial charge in [-0.15, -0.1) is 12.4 Å². The molecule has 0 saturated heterocycles. The summed E-state index contributed by atoms with van der Waals surface area (Å²) in [6.45, 7) is 1.50. The summed E-state index contributed by atoms with van der Waals surface area (Å²) >= 11 is 1.50. The summed E-state index contributed by atoms with van der Waals surface area (Å²) < 4.78 is 11.8. The quantitative estimate of drug-likeness (QED) is 0.308. The molecule has 0 aliphatic carbocycles. The van der Waals surface area contributed by atoms with Crippen molar-refractivity contribution in [3.8, 4) is 11.5 Å². The number of ether oxygens (including phenoxy) is 2. The molecule has 0 aliphatic heterocycles. The summed E-state index contributed by atoms with van der Waals surface area (Å²) in [4.78, 5) is 22.3. The largest absolute Gasteiger partial charge is 0.493 e. The number of halogens is 1. The number of benzene rings is 3. The van der Waals surface area contributed by atoms with Crippen molar-refractivity contribution in [3.05, 3.63) is 60.2 Å². The molecule has 0 bridgehead atoms. The van der Waals surface area contributed by atoms with E-state index >= 15 is 0 Å². The van der Waals surface area contributed by atoms with Crippen LogP contribution in [0.2, 0.25) is 0 Å². The zero-order valence-corrected chi connectivity index (χ0v) is 21.5. The summed E-state index contributed by atoms with van der Waals surface area (Å²) in [7, 11) is 7.31. The van der Waals surface area contributed by atoms with Gasteiger partial charge in [-0.3, -0.25) is 9.69 Å². The average Bonchev–Trinajstić information content (AvgIpc) is 3.23. The zero-order valence-electron chi connectivity index (χ0n) is 19.9. The van der Waals surface area contributed by atoms with Gasteiger partial charge in [0.15, 0.2) is 16.6 Å². The van der Waals surface area contributed by atoms with E-state index in [1.54, 1.807) is 14.2 Å². The predicted octanol–water partition coefficient (Wildman–Crippen LogP) is 5.42. The van der Waals surface area contributed by atoms with Crippen molar-refractivity contribution in [1.82, 2.24) is 9.88 Å². The summed E-state index contributed by atoms with van der Waals surface area (Å²) in [6.07, 6.45) is 1.18. The van der Waals surface area contributed by atoms with Gasteiger partial charge in [0.25, 0.3) is 0 Å². The van der Waals surface area contributed by atoms with Gasteiger partial charge in [0.05, 0.1) is 30.9 Å². The number of thiazole rings is 1. The molecule has 0 N–H and O–H groups in total. The molecule has 1 heterocycles. The molecule has 1 aromatic heterocycles. The van der Waals surface area contributed by atoms with E-state index in [0.717, 1.165) is 39.5 Å². The molecule has 34 heavy (non-hydrogen) atoms. The van der Waals surface area contributed by atoms with E-state index in [4.69, 9.17) is 14.5 Å². The molecule has 4 rings (SSSR count). The minimum atomic E-state index is 0. The smallest absolute Gasteiger partial charge is 0.233 e. The third-order valence-electron chi connectivity index (χ3n) is 5.62. The fourth-order valence-corrected chi connectivity index (χ4v) is 4.95. The zero-order chi connectivity index (χ0) is 23.4. The van der Waals surface area contributed by atoms with Gasteiger partial charge >= 0.3 is 0 Å². The number of carbonyl (C=O) groups is 1. The predicted molar refractivity (Wildman–Crippen MR) is 143 cm³/mol. The van der Waals surface area contributed by atoms with E-state index < -0.39 is 0 Å². The van der Waals surface area contributed by atoms with E-state index in [2.05, 4.69) is 23.1 Å². The Balaban J connectivity index is 0.00000324. The molecule has 3 aromatic carbocycles. The number of anilines is 1. The number of aromatic nitrogens is 1. The Kier molecular flexibility index (Phi) is 8.72. The summed E-state index contributed by atoms with van der Waals surface area (Å²) in [5.74, 6) is 1.33. The number of hydrogen-bond donors (Lipinski definition) is 0. The molecule has 4 aromatic rings. The number of nitrogens with zero attached hydrogens (tertiary/aromatic N) is 3. The Morgan fingerprint density at radius 2 is 1.68 bits per heavy atom. The van der Waals surface area contributed by atoms with Gasteiger partial charge in [-0.1, -0.05) is 53.8 Å². The molecule has 0 aliphatic rings. The lowest BCUT2D eigenvalue weighted by Gasteiger charge is -2.21. The minimum absolute atomic E-state index is 0. The normalized spacial score (nSPS) is 11.0. The Labute approximate surface area is 210 Å². The lowest BCUT2D eigenvalue weighted by Crippen LogP contribution is -2.34. The third-order valence-corrected chi connectivity index (χ3v) is 6.66. The topological polar surface area (TPSA) is 54.9 Å². The summed E-state index contributed by atoms with van der Waals surface area (Å²) in [6, 6.07) is 18.1. The van der Waals surface area contributed by atoms with Crippen molar-refractivity contribution < 1.29 is 14.3 Å². The van der Waals surface area contributed by atoms with E-state index in [1.807, 2.05) is 55.4 Å². The van der Waals surface area contributed by atoms with E-state index in [1.165, 1.54) is 11.3 Å². The van der Waals surface area contributed by atoms with Crippen LogP contribution in [0.1, 0.15) is 12.0 Å². The minimum Gasteiger partial charge on any atom is -0.493 e. The Morgan fingerprint density at radius 3 is 2.41 bits per heavy atom. The molecule has 0 fully saturated rings. The van der Waals surface area contributed by atoms with Crippen LogP contribution in [0.3, 0.4) is 0 Å². The number of carbonyl (C=O) groups excluding carboxylic acids is 1. The maximum atomic E-state index is 13.6. The first-order valence-corrected chi connectivity index (χ1v) is 11.8. The van der Waals surface area contributed by atoms with E-state index in [9.17, 15) is 4.79 Å². The van der Waals surface area contributed by atoms with Crippen LogP contribution in [0, 0.1) is 0 Å². The van der Waals surface area contributed by atoms with Crippen molar-refractivity contribution in [2.75, 3.05) is 46.3 Å². The van der Waals surface area contributed by atoms with Crippen LogP contribution in [-0.2, 0) is 11.2 Å². The SMILES string of the molecule is COc1cc2nc(N(CCCN(C)C)C(=O)Cc3cccc4ccccc34)sc2cc1OC.Cl. The van der Waals surface area contributed by atoms with Gasteiger partial charge in [0.1, 0.15) is 0 Å². The number of rotatable bonds is 9. The molecule has 0 saturated carbocycles. The molecular formula is C26H30ClN3O3S. The van der Waals surface area contributed by atoms with E-state index in [-0.39, 0.29) is 18.3 Å². The van der Waals surface area contributed by atoms with Crippen LogP contribution in [0.15, 0.2) is 54.6 Å². The van der Waals surface area contributed by atoms with Crippen molar-refractivity contribution >= 4 is 55.8 Å². The molecule has 0 radical (unpaired) electrons. The van der Waals surface area contributed by atoms with Gasteiger partial charge in [-0.25, -0.2) is 4.98 Å². The monoisotopic (exact) mass is 499 g/mol. The van der Waals surface area contributed by atoms with Gasteiger partial charge in [0, 0.05) is 18.7 Å². The highest BCUT2D eigenvalue weighted by Gasteiger charge is 2.21. The molecule has 8 heteroatoms. The van der Waals surface area contributed by atoms with Gasteiger partial charge in [-0.2, -0.15) is 0 Å². The molecular weight excluding hydrogens is 470 g/mol. The third kappa shape index (κ3) is 5.60. The molecule has 0 spiro atoms. The van der Waals surface area contributed by atoms with Crippen LogP contribution < -0.4 is 14.4 Å². The van der Waals surface area contributed by atoms with Crippen molar-refractivity contribution in [2.24, 2.45) is 0 Å². The fourth-order valence-electron chi connectivity index (χ4n) is 3.94. The van der Waals surface area contributed by atoms with Crippen LogP contribution in [0.5, 0.6) is 11.5 Å². The maximum Gasteiger partial charge on any atom is 0.233 e. The van der Waals surface area contributed by atoms with Crippen LogP contribution >= 0.6 is 23.7 Å². The van der Waals surface area contributed by atoms with Crippen LogP contribution in [0.4, 0.5) is 5.13 Å². The molecule has 6 nitrogen and oxygen atoms in total. The molecule has 180 valence electrons. The first-order valence-electron chi connectivity index (χ1n) is 10.9. The number of methoxy groups -OCH3 is 2. The van der Waals surface area contributed by atoms with Crippen molar-refractivity contribution in [2.45, 2.75) is 12.8 Å². The summed E-state index contributed by atoms with van der Waals surface area (Å²) in [5, 5.41) is 2.95. The Bertz CT molecular complexity index is 1230. The average molecular weight is 500 g/mol. The van der Waals surface area contributed by atoms with Crippen molar-refractivity contribution in [1.29, 1.82) is 0 Å². The van der Waals surface area contributed by atoms with Crippen LogP contribution in [0.25, 0.3) is 21.0 Å². The number of amides is 1. The van der Waals surface area contributed by atoms with Crippen LogP contribution in [-0.4, -0.2) is 57.2 Å². The lowest BCUT2D eigenvalue weighted by molar-refractivity contribution is -0.118. The standard InChI is InChI=1S/C26H29N3O3S.ClH/c1-28(2)13-8-14-29(25(30)15-19-11-7-10-18-9-5-6-12-20(18)19)26-27-21-16-22(31-3)23(32-4)17-24(21)33-26;/h5-7,9-12,16-17H,8,13-15H2,1-4H3;1H. The molecule has 1 amide bonds. The first-order chi connectivity index (χ1) is 16.0. The number of fused-ring (bicyclic) bond motifs is 2. The highest BCUT2D eigenvalue weighted by atomic mass is 35.5. The van der Waals surface area contributed by atoms with Gasteiger partial charge in [-0.05, 0) is 43.4 Å². The number of hydrogen-bond acceptors (Lipinski definition) is 6. The summed E-state index contributed by atoms with van der Waals surface area (Å²) in [5.41, 5.74) is 1.82. The molecule has 0 unspecified atom stereocenters. The highest BCUT2D eigenvalue weighted by molar-refractivity contribution is 7.22. The Hall–Kier alpha value is -2.87. The first kappa shape index (κ1) is 25.7. The molecule has 0 atom stereocenters. The van der Waals surface area contributed by atoms with E-state index in [0.29, 0.717) is 29.6 Å². The Morgan fingerprint density at radius 1 is 0.971 bits per heavy atom. The maximum absolute atomic E-state index is 13.6. The lowest BCUT2D eigenvalue weighted by atomic mass is 10.0. The van der Waals surface area contributed by atoms with Gasteiger partial charge in [0.2, 0.25) is 5.91 Å².